The van der Waals surface area contributed by atoms with Gasteiger partial charge in [0.1, 0.15) is 10.3 Å². The van der Waals surface area contributed by atoms with Crippen molar-refractivity contribution in [2.75, 3.05) is 11.9 Å². The molecule has 1 N–H and O–H groups in total. The first-order valence-corrected chi connectivity index (χ1v) is 11.0. The average molecular weight is 411 g/mol. The summed E-state index contributed by atoms with van der Waals surface area (Å²) in [5.41, 5.74) is 0. The van der Waals surface area contributed by atoms with Crippen LogP contribution in [0.5, 0.6) is 0 Å². The highest BCUT2D eigenvalue weighted by molar-refractivity contribution is 7.91. The number of carbonyl (C=O) groups excluding carboxylic acids is 1. The smallest absolute Gasteiger partial charge is 0.322 e. The molecule has 0 aliphatic carbocycles. The van der Waals surface area contributed by atoms with Crippen LogP contribution in [0.4, 0.5) is 6.01 Å². The summed E-state index contributed by atoms with van der Waals surface area (Å²) in [7, 11) is -3.69. The Morgan fingerprint density at radius 1 is 1.23 bits per heavy atom. The zero-order valence-electron chi connectivity index (χ0n) is 13.4. The Kier molecular flexibility index (Phi) is 4.61. The van der Waals surface area contributed by atoms with Crippen LogP contribution < -0.4 is 5.32 Å². The molecule has 4 heterocycles. The molecule has 3 aromatic heterocycles. The van der Waals surface area contributed by atoms with Gasteiger partial charge in [-0.05, 0) is 35.7 Å². The van der Waals surface area contributed by atoms with Crippen LogP contribution in [0.25, 0.3) is 10.8 Å². The molecular weight excluding hydrogens is 396 g/mol. The van der Waals surface area contributed by atoms with Crippen molar-refractivity contribution >= 4 is 44.6 Å². The van der Waals surface area contributed by atoms with Crippen molar-refractivity contribution in [2.45, 2.75) is 23.1 Å². The number of sulfonamides is 1. The Hall–Kier alpha value is -2.08. The van der Waals surface area contributed by atoms with Gasteiger partial charge in [0.25, 0.3) is 15.9 Å². The Labute approximate surface area is 157 Å². The molecule has 1 saturated heterocycles. The molecule has 4 rings (SSSR count). The number of rotatable bonds is 5. The second-order valence-electron chi connectivity index (χ2n) is 5.58. The summed E-state index contributed by atoms with van der Waals surface area (Å²) in [5, 5.41) is 13.8. The van der Waals surface area contributed by atoms with Gasteiger partial charge in [-0.3, -0.25) is 10.1 Å². The molecule has 1 fully saturated rings. The first-order chi connectivity index (χ1) is 12.6. The second-order valence-corrected chi connectivity index (χ2v) is 9.60. The quantitative estimate of drug-likeness (QED) is 0.693. The summed E-state index contributed by atoms with van der Waals surface area (Å²) in [6.07, 6.45) is 1.06. The summed E-state index contributed by atoms with van der Waals surface area (Å²) in [4.78, 5) is 13.4. The molecule has 1 atom stereocenters. The molecule has 136 valence electrons. The van der Waals surface area contributed by atoms with E-state index in [0.717, 1.165) is 16.2 Å². The summed E-state index contributed by atoms with van der Waals surface area (Å²) < 4.78 is 32.4. The van der Waals surface area contributed by atoms with Gasteiger partial charge in [-0.15, -0.1) is 27.8 Å². The van der Waals surface area contributed by atoms with Gasteiger partial charge >= 0.3 is 6.01 Å². The second kappa shape index (κ2) is 6.91. The fourth-order valence-corrected chi connectivity index (χ4v) is 6.20. The molecule has 0 unspecified atom stereocenters. The third-order valence-electron chi connectivity index (χ3n) is 3.95. The Morgan fingerprint density at radius 3 is 2.77 bits per heavy atom. The van der Waals surface area contributed by atoms with E-state index in [1.54, 1.807) is 17.5 Å². The molecule has 0 saturated carbocycles. The molecule has 1 aliphatic heterocycles. The third kappa shape index (κ3) is 3.18. The summed E-state index contributed by atoms with van der Waals surface area (Å²) >= 11 is 2.58. The van der Waals surface area contributed by atoms with Crippen LogP contribution in [0.2, 0.25) is 0 Å². The minimum atomic E-state index is -3.69. The first-order valence-electron chi connectivity index (χ1n) is 7.79. The largest absolute Gasteiger partial charge is 0.402 e. The predicted octanol–water partition coefficient (Wildman–Crippen LogP) is 2.65. The standard InChI is InChI=1S/C15H14N4O4S3/c20-13(16-15-18-17-14(23-15)11-5-2-8-24-11)10-4-1-7-19(10)26(21,22)12-6-3-9-25-12/h2-3,5-6,8-10H,1,4,7H2,(H,16,18,20)/t10-/m1/s1. The number of aromatic nitrogens is 2. The van der Waals surface area contributed by atoms with E-state index in [-0.39, 0.29) is 10.2 Å². The average Bonchev–Trinajstić information content (AvgIpc) is 3.42. The van der Waals surface area contributed by atoms with Crippen molar-refractivity contribution in [2.24, 2.45) is 0 Å². The third-order valence-corrected chi connectivity index (χ3v) is 8.09. The number of nitrogens with one attached hydrogen (secondary N) is 1. The normalized spacial score (nSPS) is 18.2. The molecule has 0 radical (unpaired) electrons. The van der Waals surface area contributed by atoms with Crippen LogP contribution in [0.15, 0.2) is 43.7 Å². The first kappa shape index (κ1) is 17.3. The summed E-state index contributed by atoms with van der Waals surface area (Å²) in [6, 6.07) is 6.06. The van der Waals surface area contributed by atoms with Crippen molar-refractivity contribution in [1.29, 1.82) is 0 Å². The van der Waals surface area contributed by atoms with Gasteiger partial charge in [-0.25, -0.2) is 8.42 Å². The molecule has 8 nitrogen and oxygen atoms in total. The minimum absolute atomic E-state index is 0.0428. The highest BCUT2D eigenvalue weighted by atomic mass is 32.2. The number of nitrogens with zero attached hydrogens (tertiary/aromatic N) is 3. The van der Waals surface area contributed by atoms with Crippen LogP contribution in [0.3, 0.4) is 0 Å². The van der Waals surface area contributed by atoms with E-state index in [1.807, 2.05) is 17.5 Å². The molecule has 0 aromatic carbocycles. The summed E-state index contributed by atoms with van der Waals surface area (Å²) in [6.45, 7) is 0.308. The lowest BCUT2D eigenvalue weighted by molar-refractivity contribution is -0.119. The molecule has 0 bridgehead atoms. The lowest BCUT2D eigenvalue weighted by atomic mass is 10.2. The van der Waals surface area contributed by atoms with Gasteiger partial charge in [0.05, 0.1) is 4.88 Å². The van der Waals surface area contributed by atoms with Crippen molar-refractivity contribution in [3.05, 3.63) is 35.0 Å². The number of carbonyl (C=O) groups is 1. The Balaban J connectivity index is 1.51. The molecule has 3 aromatic rings. The monoisotopic (exact) mass is 410 g/mol. The highest BCUT2D eigenvalue weighted by Gasteiger charge is 2.40. The van der Waals surface area contributed by atoms with E-state index in [0.29, 0.717) is 25.3 Å². The maximum Gasteiger partial charge on any atom is 0.322 e. The maximum atomic E-state index is 12.7. The van der Waals surface area contributed by atoms with E-state index >= 15 is 0 Å². The van der Waals surface area contributed by atoms with Gasteiger partial charge < -0.3 is 4.42 Å². The number of amides is 1. The van der Waals surface area contributed by atoms with Crippen molar-refractivity contribution in [1.82, 2.24) is 14.5 Å². The number of anilines is 1. The van der Waals surface area contributed by atoms with Gasteiger partial charge in [0.2, 0.25) is 5.91 Å². The predicted molar refractivity (Wildman–Crippen MR) is 97.5 cm³/mol. The molecule has 11 heteroatoms. The van der Waals surface area contributed by atoms with Gasteiger partial charge in [-0.1, -0.05) is 17.2 Å². The maximum absolute atomic E-state index is 12.7. The molecule has 1 amide bonds. The fraction of sp³-hybridized carbons (Fsp3) is 0.267. The lowest BCUT2D eigenvalue weighted by Crippen LogP contribution is -2.42. The van der Waals surface area contributed by atoms with E-state index in [4.69, 9.17) is 4.42 Å². The van der Waals surface area contributed by atoms with E-state index in [2.05, 4.69) is 15.5 Å². The van der Waals surface area contributed by atoms with Gasteiger partial charge in [-0.2, -0.15) is 4.31 Å². The van der Waals surface area contributed by atoms with Crippen molar-refractivity contribution < 1.29 is 17.6 Å². The highest BCUT2D eigenvalue weighted by Crippen LogP contribution is 2.29. The van der Waals surface area contributed by atoms with Crippen LogP contribution in [0.1, 0.15) is 12.8 Å². The van der Waals surface area contributed by atoms with Crippen molar-refractivity contribution in [3.8, 4) is 10.8 Å². The Bertz CT molecular complexity index is 996. The number of thiophene rings is 2. The van der Waals surface area contributed by atoms with Crippen molar-refractivity contribution in [3.63, 3.8) is 0 Å². The Morgan fingerprint density at radius 2 is 2.04 bits per heavy atom. The molecule has 0 spiro atoms. The van der Waals surface area contributed by atoms with Crippen LogP contribution in [-0.2, 0) is 14.8 Å². The van der Waals surface area contributed by atoms with E-state index in [1.165, 1.54) is 15.6 Å². The zero-order valence-corrected chi connectivity index (χ0v) is 15.8. The molecule has 26 heavy (non-hydrogen) atoms. The topological polar surface area (TPSA) is 105 Å². The van der Waals surface area contributed by atoms with E-state index < -0.39 is 22.0 Å². The minimum Gasteiger partial charge on any atom is -0.402 e. The molecule has 1 aliphatic rings. The van der Waals surface area contributed by atoms with Crippen LogP contribution in [0, 0.1) is 0 Å². The summed E-state index contributed by atoms with van der Waals surface area (Å²) in [5.74, 6) is -0.159. The van der Waals surface area contributed by atoms with E-state index in [9.17, 15) is 13.2 Å². The van der Waals surface area contributed by atoms with Gasteiger partial charge in [0.15, 0.2) is 0 Å². The number of hydrogen-bond acceptors (Lipinski definition) is 8. The fourth-order valence-electron chi connectivity index (χ4n) is 2.78. The zero-order chi connectivity index (χ0) is 18.1. The molecular formula is C15H14N4O4S3. The SMILES string of the molecule is O=C(Nc1nnc(-c2cccs2)o1)[C@H]1CCCN1S(=O)(=O)c1cccs1. The lowest BCUT2D eigenvalue weighted by Gasteiger charge is -2.21. The van der Waals surface area contributed by atoms with Crippen LogP contribution >= 0.6 is 22.7 Å². The number of hydrogen-bond donors (Lipinski definition) is 1. The van der Waals surface area contributed by atoms with Gasteiger partial charge in [0, 0.05) is 6.54 Å². The van der Waals surface area contributed by atoms with Crippen LogP contribution in [-0.4, -0.2) is 41.4 Å².